The number of hydrogen-bond donors (Lipinski definition) is 0. The van der Waals surface area contributed by atoms with Gasteiger partial charge in [0.25, 0.3) is 0 Å². The Kier molecular flexibility index (Phi) is 0.552. The van der Waals surface area contributed by atoms with Gasteiger partial charge >= 0.3 is 0 Å². The van der Waals surface area contributed by atoms with Crippen LogP contribution in [0.3, 0.4) is 0 Å². The second-order valence-corrected chi connectivity index (χ2v) is 1.84. The van der Waals surface area contributed by atoms with Crippen LogP contribution in [0.2, 0.25) is 0 Å². The Morgan fingerprint density at radius 2 is 2.33 bits per heavy atom. The fourth-order valence-electron chi connectivity index (χ4n) is 0.788. The molecule has 0 N–H and O–H groups in total. The highest BCUT2D eigenvalue weighted by Gasteiger charge is 1.89. The smallest absolute Gasteiger partial charge is 0.105 e. The molecular weight excluding hydrogens is 112 g/mol. The van der Waals surface area contributed by atoms with Crippen molar-refractivity contribution < 1.29 is 7.16 Å². The largest absolute Gasteiger partial charge is 0.471 e. The molecule has 1 nitrogen and oxygen atoms in total. The lowest BCUT2D eigenvalue weighted by molar-refractivity contribution is 0.572. The van der Waals surface area contributed by atoms with Gasteiger partial charge in [0.05, 0.1) is 13.9 Å². The third-order valence-electron chi connectivity index (χ3n) is 1.23. The van der Waals surface area contributed by atoms with E-state index in [4.69, 9.17) is 7.16 Å². The van der Waals surface area contributed by atoms with Gasteiger partial charge in [0.2, 0.25) is 0 Å². The molecule has 44 valence electrons. The first-order valence-corrected chi connectivity index (χ1v) is 2.72. The highest BCUT2D eigenvalue weighted by atomic mass is 16.3. The Bertz CT molecular complexity index is 392. The molecule has 0 saturated carbocycles. The molecule has 1 heterocycles. The molecule has 0 saturated heterocycles. The predicted molar refractivity (Wildman–Crippen MR) is 36.2 cm³/mol. The van der Waals surface area contributed by atoms with Crippen molar-refractivity contribution >= 4 is 10.8 Å². The molecular formula is C8H6O. The third-order valence-corrected chi connectivity index (χ3v) is 1.23. The van der Waals surface area contributed by atoms with Crippen molar-refractivity contribution in [2.45, 2.75) is 0 Å². The van der Waals surface area contributed by atoms with Crippen LogP contribution in [0.5, 0.6) is 0 Å². The molecule has 0 unspecified atom stereocenters. The van der Waals surface area contributed by atoms with Crippen LogP contribution in [0.4, 0.5) is 0 Å². The van der Waals surface area contributed by atoms with E-state index in [1.807, 2.05) is 0 Å². The summed E-state index contributed by atoms with van der Waals surface area (Å²) in [5, 5.41) is 1.41. The summed E-state index contributed by atoms with van der Waals surface area (Å²) >= 11 is 0. The zero-order chi connectivity index (χ0) is 7.84. The van der Waals surface area contributed by atoms with Gasteiger partial charge in [-0.25, -0.2) is 0 Å². The SMILES string of the molecule is [2H]c1cccc2c([2H])occ12. The second-order valence-electron chi connectivity index (χ2n) is 1.84. The van der Waals surface area contributed by atoms with E-state index in [0.29, 0.717) is 16.8 Å². The molecule has 0 amide bonds. The molecule has 0 fully saturated rings. The Balaban J connectivity index is 2.94. The average Bonchev–Trinajstić information content (AvgIpc) is 2.35. The normalized spacial score (nSPS) is 13.3. The standard InChI is InChI=1S/C8H6O/c1-2-4-8-6-9-5-7(8)3-1/h1-6H/i3D,6D. The minimum Gasteiger partial charge on any atom is -0.471 e. The van der Waals surface area contributed by atoms with Crippen LogP contribution in [0.15, 0.2) is 41.2 Å². The molecule has 0 aliphatic heterocycles. The van der Waals surface area contributed by atoms with E-state index in [1.54, 1.807) is 18.2 Å². The number of furan rings is 1. The van der Waals surface area contributed by atoms with Gasteiger partial charge in [-0.1, -0.05) is 24.2 Å². The van der Waals surface area contributed by atoms with Gasteiger partial charge in [-0.3, -0.25) is 0 Å². The maximum Gasteiger partial charge on any atom is 0.105 e. The van der Waals surface area contributed by atoms with E-state index in [0.717, 1.165) is 0 Å². The zero-order valence-electron chi connectivity index (χ0n) is 6.72. The maximum absolute atomic E-state index is 7.43. The molecule has 0 aliphatic rings. The van der Waals surface area contributed by atoms with E-state index in [-0.39, 0.29) is 6.24 Å². The summed E-state index contributed by atoms with van der Waals surface area (Å²) in [5.41, 5.74) is 0. The number of fused-ring (bicyclic) bond motifs is 1. The summed E-state index contributed by atoms with van der Waals surface area (Å²) in [4.78, 5) is 0. The molecule has 9 heavy (non-hydrogen) atoms. The fraction of sp³-hybridized carbons (Fsp3) is 0. The average molecular weight is 120 g/mol. The molecule has 1 heteroatoms. The number of rotatable bonds is 0. The summed E-state index contributed by atoms with van der Waals surface area (Å²) in [6.07, 6.45) is 1.58. The summed E-state index contributed by atoms with van der Waals surface area (Å²) < 4.78 is 19.6. The van der Waals surface area contributed by atoms with E-state index >= 15 is 0 Å². The first-order valence-electron chi connectivity index (χ1n) is 3.72. The molecule has 0 spiro atoms. The minimum atomic E-state index is 0.133. The lowest BCUT2D eigenvalue weighted by atomic mass is 10.2. The van der Waals surface area contributed by atoms with Crippen LogP contribution in [0.1, 0.15) is 2.74 Å². The quantitative estimate of drug-likeness (QED) is 0.520. The van der Waals surface area contributed by atoms with E-state index in [1.165, 1.54) is 6.26 Å². The fourth-order valence-corrected chi connectivity index (χ4v) is 0.788. The number of hydrogen-bond acceptors (Lipinski definition) is 1. The van der Waals surface area contributed by atoms with Crippen molar-refractivity contribution in [3.05, 3.63) is 36.7 Å². The first-order chi connectivity index (χ1) is 5.29. The predicted octanol–water partition coefficient (Wildman–Crippen LogP) is 2.43. The Hall–Kier alpha value is -1.24. The first kappa shape index (κ1) is 3.06. The van der Waals surface area contributed by atoms with E-state index < -0.39 is 0 Å². The Morgan fingerprint density at radius 1 is 1.33 bits per heavy atom. The molecule has 0 bridgehead atoms. The summed E-state index contributed by atoms with van der Waals surface area (Å²) in [7, 11) is 0. The van der Waals surface area contributed by atoms with Gasteiger partial charge in [0.1, 0.15) is 1.37 Å². The monoisotopic (exact) mass is 120 g/mol. The van der Waals surface area contributed by atoms with Gasteiger partial charge in [0, 0.05) is 10.8 Å². The Labute approximate surface area is 55.7 Å². The van der Waals surface area contributed by atoms with Crippen molar-refractivity contribution in [2.75, 3.05) is 0 Å². The van der Waals surface area contributed by atoms with Crippen molar-refractivity contribution in [1.29, 1.82) is 0 Å². The van der Waals surface area contributed by atoms with Crippen molar-refractivity contribution in [3.63, 3.8) is 0 Å². The van der Waals surface area contributed by atoms with Crippen molar-refractivity contribution in [3.8, 4) is 0 Å². The minimum absolute atomic E-state index is 0.133. The van der Waals surface area contributed by atoms with E-state index in [9.17, 15) is 0 Å². The molecule has 0 radical (unpaired) electrons. The maximum atomic E-state index is 7.43. The summed E-state index contributed by atoms with van der Waals surface area (Å²) in [5.74, 6) is 0. The zero-order valence-corrected chi connectivity index (χ0v) is 4.72. The second kappa shape index (κ2) is 1.62. The summed E-state index contributed by atoms with van der Waals surface area (Å²) in [6.45, 7) is 0. The van der Waals surface area contributed by atoms with Gasteiger partial charge in [-0.05, 0) is 0 Å². The molecule has 0 aliphatic carbocycles. The lowest BCUT2D eigenvalue weighted by Gasteiger charge is -1.80. The Morgan fingerprint density at radius 3 is 3.22 bits per heavy atom. The van der Waals surface area contributed by atoms with Gasteiger partial charge in [-0.2, -0.15) is 0 Å². The summed E-state index contributed by atoms with van der Waals surface area (Å²) in [6, 6.07) is 5.61. The number of benzene rings is 1. The van der Waals surface area contributed by atoms with Gasteiger partial charge < -0.3 is 4.42 Å². The topological polar surface area (TPSA) is 13.1 Å². The van der Waals surface area contributed by atoms with Gasteiger partial charge in [-0.15, -0.1) is 0 Å². The third kappa shape index (κ3) is 0.617. The molecule has 0 atom stereocenters. The van der Waals surface area contributed by atoms with Crippen LogP contribution in [0.25, 0.3) is 10.8 Å². The van der Waals surface area contributed by atoms with Crippen molar-refractivity contribution in [2.24, 2.45) is 0 Å². The molecule has 2 rings (SSSR count). The highest BCUT2D eigenvalue weighted by Crippen LogP contribution is 2.12. The van der Waals surface area contributed by atoms with Crippen LogP contribution in [-0.2, 0) is 0 Å². The van der Waals surface area contributed by atoms with Crippen LogP contribution < -0.4 is 0 Å². The molecule has 1 aromatic carbocycles. The van der Waals surface area contributed by atoms with Crippen LogP contribution >= 0.6 is 0 Å². The highest BCUT2D eigenvalue weighted by molar-refractivity contribution is 5.80. The van der Waals surface area contributed by atoms with Gasteiger partial charge in [0.15, 0.2) is 0 Å². The molecule has 2 aromatic rings. The van der Waals surface area contributed by atoms with Crippen LogP contribution in [-0.4, -0.2) is 0 Å². The lowest BCUT2D eigenvalue weighted by Crippen LogP contribution is -1.57. The molecule has 1 aromatic heterocycles. The van der Waals surface area contributed by atoms with E-state index in [2.05, 4.69) is 0 Å². The van der Waals surface area contributed by atoms with Crippen molar-refractivity contribution in [1.82, 2.24) is 0 Å². The van der Waals surface area contributed by atoms with Crippen LogP contribution in [0, 0.1) is 0 Å².